The van der Waals surface area contributed by atoms with Gasteiger partial charge in [-0.1, -0.05) is 36.0 Å². The van der Waals surface area contributed by atoms with E-state index < -0.39 is 0 Å². The number of rotatable bonds is 3. The third kappa shape index (κ3) is 3.15. The van der Waals surface area contributed by atoms with Crippen LogP contribution in [-0.4, -0.2) is 23.0 Å². The fourth-order valence-electron chi connectivity index (χ4n) is 1.94. The van der Waals surface area contributed by atoms with Crippen molar-refractivity contribution in [3.8, 4) is 5.75 Å². The number of carbonyl (C=O) groups is 1. The molecule has 2 rings (SSSR count). The van der Waals surface area contributed by atoms with Gasteiger partial charge in [0.15, 0.2) is 0 Å². The van der Waals surface area contributed by atoms with Gasteiger partial charge in [0.1, 0.15) is 10.7 Å². The number of nitrogens with two attached hydrogens (primary N) is 1. The van der Waals surface area contributed by atoms with Crippen LogP contribution in [0.2, 0.25) is 5.02 Å². The van der Waals surface area contributed by atoms with E-state index in [0.29, 0.717) is 11.3 Å². The summed E-state index contributed by atoms with van der Waals surface area (Å²) in [7, 11) is 1.60. The van der Waals surface area contributed by atoms with Crippen LogP contribution in [0.4, 0.5) is 5.69 Å². The number of halogens is 1. The van der Waals surface area contributed by atoms with Crippen LogP contribution in [0.15, 0.2) is 42.5 Å². The maximum atomic E-state index is 12.5. The zero-order valence-corrected chi connectivity index (χ0v) is 12.8. The number of anilines is 1. The quantitative estimate of drug-likeness (QED) is 0.853. The molecule has 0 atom stereocenters. The topological polar surface area (TPSA) is 66.6 Å². The van der Waals surface area contributed by atoms with Crippen LogP contribution in [0.25, 0.3) is 0 Å². The van der Waals surface area contributed by atoms with E-state index in [9.17, 15) is 9.90 Å². The number of thiocarbonyl (C=S) groups is 1. The molecule has 0 saturated carbocycles. The molecule has 0 fully saturated rings. The summed E-state index contributed by atoms with van der Waals surface area (Å²) in [4.78, 5) is 14.1. The number of phenolic OH excluding ortho intramolecular Hbond substituents is 1. The van der Waals surface area contributed by atoms with Crippen molar-refractivity contribution < 1.29 is 9.90 Å². The lowest BCUT2D eigenvalue weighted by Gasteiger charge is -2.21. The minimum absolute atomic E-state index is 0.0289. The molecule has 0 bridgehead atoms. The lowest BCUT2D eigenvalue weighted by atomic mass is 10.1. The minimum Gasteiger partial charge on any atom is -0.508 e. The van der Waals surface area contributed by atoms with E-state index in [4.69, 9.17) is 29.6 Å². The van der Waals surface area contributed by atoms with E-state index in [1.807, 2.05) is 0 Å². The Morgan fingerprint density at radius 2 is 1.90 bits per heavy atom. The van der Waals surface area contributed by atoms with E-state index in [1.165, 1.54) is 23.1 Å². The number of carbonyl (C=O) groups excluding carboxylic acids is 1. The summed E-state index contributed by atoms with van der Waals surface area (Å²) in [6.45, 7) is 0. The zero-order valence-electron chi connectivity index (χ0n) is 11.2. The summed E-state index contributed by atoms with van der Waals surface area (Å²) >= 11 is 11.0. The van der Waals surface area contributed by atoms with E-state index >= 15 is 0 Å². The maximum absolute atomic E-state index is 12.5. The summed E-state index contributed by atoms with van der Waals surface area (Å²) in [5.41, 5.74) is 7.05. The first-order chi connectivity index (χ1) is 9.91. The Morgan fingerprint density at radius 1 is 1.24 bits per heavy atom. The van der Waals surface area contributed by atoms with Gasteiger partial charge in [-0.3, -0.25) is 4.79 Å². The van der Waals surface area contributed by atoms with E-state index in [0.717, 1.165) is 0 Å². The molecule has 0 aliphatic heterocycles. The number of hydrogen-bond acceptors (Lipinski definition) is 3. The van der Waals surface area contributed by atoms with Gasteiger partial charge in [0.05, 0.1) is 16.3 Å². The molecular weight excluding hydrogens is 308 g/mol. The van der Waals surface area contributed by atoms with Gasteiger partial charge in [-0.05, 0) is 30.3 Å². The van der Waals surface area contributed by atoms with Crippen LogP contribution < -0.4 is 10.6 Å². The molecular formula is C15H13ClN2O2S. The molecule has 0 unspecified atom stereocenters. The molecule has 4 nitrogen and oxygen atoms in total. The van der Waals surface area contributed by atoms with Gasteiger partial charge in [0.2, 0.25) is 0 Å². The normalized spacial score (nSPS) is 10.2. The summed E-state index contributed by atoms with van der Waals surface area (Å²) in [6.07, 6.45) is 0. The second kappa shape index (κ2) is 6.11. The number of aromatic hydroxyl groups is 1. The van der Waals surface area contributed by atoms with Gasteiger partial charge in [0, 0.05) is 12.6 Å². The number of amides is 1. The smallest absolute Gasteiger partial charge is 0.259 e. The van der Waals surface area contributed by atoms with Crippen molar-refractivity contribution in [1.82, 2.24) is 0 Å². The summed E-state index contributed by atoms with van der Waals surface area (Å²) < 4.78 is 0. The Bertz CT molecular complexity index is 719. The van der Waals surface area contributed by atoms with Crippen molar-refractivity contribution in [2.24, 2.45) is 5.73 Å². The van der Waals surface area contributed by atoms with Gasteiger partial charge in [0.25, 0.3) is 5.91 Å². The highest BCUT2D eigenvalue weighted by atomic mass is 35.5. The number of benzene rings is 2. The molecule has 0 saturated heterocycles. The number of nitrogens with zero attached hydrogens (tertiary/aromatic N) is 1. The largest absolute Gasteiger partial charge is 0.508 e. The Balaban J connectivity index is 2.45. The molecule has 108 valence electrons. The third-order valence-corrected chi connectivity index (χ3v) is 3.57. The summed E-state index contributed by atoms with van der Waals surface area (Å²) in [6, 6.07) is 11.3. The van der Waals surface area contributed by atoms with Crippen molar-refractivity contribution in [1.29, 1.82) is 0 Å². The number of phenols is 1. The molecule has 21 heavy (non-hydrogen) atoms. The lowest BCUT2D eigenvalue weighted by molar-refractivity contribution is 0.0992. The molecule has 0 aliphatic carbocycles. The third-order valence-electron chi connectivity index (χ3n) is 3.02. The fourth-order valence-corrected chi connectivity index (χ4v) is 2.31. The zero-order chi connectivity index (χ0) is 15.6. The van der Waals surface area contributed by atoms with Gasteiger partial charge in [-0.25, -0.2) is 0 Å². The average molecular weight is 321 g/mol. The van der Waals surface area contributed by atoms with Crippen molar-refractivity contribution >= 4 is 40.4 Å². The molecule has 0 radical (unpaired) electrons. The van der Waals surface area contributed by atoms with Crippen LogP contribution in [-0.2, 0) is 0 Å². The number of para-hydroxylation sites is 1. The molecule has 2 aromatic carbocycles. The molecule has 3 N–H and O–H groups in total. The lowest BCUT2D eigenvalue weighted by Crippen LogP contribution is -2.29. The highest BCUT2D eigenvalue weighted by Crippen LogP contribution is 2.26. The molecule has 0 heterocycles. The van der Waals surface area contributed by atoms with Gasteiger partial charge >= 0.3 is 0 Å². The van der Waals surface area contributed by atoms with Crippen LogP contribution >= 0.6 is 23.8 Å². The van der Waals surface area contributed by atoms with Crippen molar-refractivity contribution in [2.75, 3.05) is 11.9 Å². The standard InChI is InChI=1S/C15H13ClN2O2S/c1-18(13-5-3-2-4-10(13)14(17)21)15(20)11-8-9(19)6-7-12(11)16/h2-8,19H,1H3,(H2,17,21). The van der Waals surface area contributed by atoms with Crippen LogP contribution in [0.5, 0.6) is 5.75 Å². The van der Waals surface area contributed by atoms with Gasteiger partial charge < -0.3 is 15.7 Å². The SMILES string of the molecule is CN(C(=O)c1cc(O)ccc1Cl)c1ccccc1C(N)=S. The van der Waals surface area contributed by atoms with E-state index in [-0.39, 0.29) is 27.2 Å². The Hall–Kier alpha value is -2.11. The molecule has 0 aromatic heterocycles. The van der Waals surface area contributed by atoms with Crippen molar-refractivity contribution in [3.63, 3.8) is 0 Å². The Kier molecular flexibility index (Phi) is 4.45. The molecule has 6 heteroatoms. The monoisotopic (exact) mass is 320 g/mol. The second-order valence-electron chi connectivity index (χ2n) is 4.41. The minimum atomic E-state index is -0.361. The molecule has 1 amide bonds. The predicted molar refractivity (Wildman–Crippen MR) is 88.2 cm³/mol. The van der Waals surface area contributed by atoms with Crippen LogP contribution in [0, 0.1) is 0 Å². The van der Waals surface area contributed by atoms with Crippen LogP contribution in [0.3, 0.4) is 0 Å². The van der Waals surface area contributed by atoms with Crippen molar-refractivity contribution in [3.05, 3.63) is 58.6 Å². The van der Waals surface area contributed by atoms with Crippen molar-refractivity contribution in [2.45, 2.75) is 0 Å². The van der Waals surface area contributed by atoms with Gasteiger partial charge in [-0.2, -0.15) is 0 Å². The first kappa shape index (κ1) is 15.3. The summed E-state index contributed by atoms with van der Waals surface area (Å²) in [5.74, 6) is -0.390. The molecule has 2 aromatic rings. The van der Waals surface area contributed by atoms with Gasteiger partial charge in [-0.15, -0.1) is 0 Å². The predicted octanol–water partition coefficient (Wildman–Crippen LogP) is 2.96. The summed E-state index contributed by atoms with van der Waals surface area (Å²) in [5, 5.41) is 9.77. The first-order valence-corrected chi connectivity index (χ1v) is 6.86. The maximum Gasteiger partial charge on any atom is 0.259 e. The number of hydrogen-bond donors (Lipinski definition) is 2. The average Bonchev–Trinajstić information content (AvgIpc) is 2.48. The van der Waals surface area contributed by atoms with Crippen LogP contribution in [0.1, 0.15) is 15.9 Å². The van der Waals surface area contributed by atoms with E-state index in [2.05, 4.69) is 0 Å². The molecule has 0 aliphatic rings. The van der Waals surface area contributed by atoms with E-state index in [1.54, 1.807) is 31.3 Å². The highest BCUT2D eigenvalue weighted by Gasteiger charge is 2.19. The first-order valence-electron chi connectivity index (χ1n) is 6.07. The second-order valence-corrected chi connectivity index (χ2v) is 5.26. The Morgan fingerprint density at radius 3 is 2.57 bits per heavy atom. The highest BCUT2D eigenvalue weighted by molar-refractivity contribution is 7.80. The fraction of sp³-hybridized carbons (Fsp3) is 0.0667. The molecule has 0 spiro atoms. The Labute approximate surface area is 132 Å².